The molecule has 1 heterocycles. The summed E-state index contributed by atoms with van der Waals surface area (Å²) >= 11 is 0. The summed E-state index contributed by atoms with van der Waals surface area (Å²) in [5, 5.41) is 3.59. The zero-order valence-electron chi connectivity index (χ0n) is 12.3. The Hall–Kier alpha value is -0.570. The zero-order chi connectivity index (χ0) is 13.3. The highest BCUT2D eigenvalue weighted by Gasteiger charge is 2.45. The van der Waals surface area contributed by atoms with E-state index in [1.165, 1.54) is 25.7 Å². The number of hydrogen-bond donors (Lipinski definition) is 1. The average molecular weight is 252 g/mol. The van der Waals surface area contributed by atoms with E-state index in [9.17, 15) is 4.79 Å². The lowest BCUT2D eigenvalue weighted by Gasteiger charge is -2.32. The lowest BCUT2D eigenvalue weighted by Crippen LogP contribution is -2.46. The minimum absolute atomic E-state index is 0.0444. The number of nitrogens with one attached hydrogen (secondary N) is 1. The summed E-state index contributed by atoms with van der Waals surface area (Å²) in [6, 6.07) is 0.537. The number of nitrogens with zero attached hydrogens (tertiary/aromatic N) is 1. The molecule has 0 spiro atoms. The molecule has 3 heteroatoms. The van der Waals surface area contributed by atoms with E-state index in [2.05, 4.69) is 37.9 Å². The van der Waals surface area contributed by atoms with Crippen LogP contribution in [0.25, 0.3) is 0 Å². The van der Waals surface area contributed by atoms with Crippen molar-refractivity contribution in [2.24, 2.45) is 11.8 Å². The Bertz CT molecular complexity index is 297. The smallest absolute Gasteiger partial charge is 0.241 e. The second-order valence-electron chi connectivity index (χ2n) is 6.40. The van der Waals surface area contributed by atoms with E-state index in [1.54, 1.807) is 0 Å². The molecule has 2 aliphatic rings. The standard InChI is InChI=1S/C15H28N2O/c1-5-11(4)13-15(18)17(12-8-6-7-9-12)14(16-13)10(2)3/h10-14,16H,5-9H2,1-4H3. The van der Waals surface area contributed by atoms with Gasteiger partial charge in [0.05, 0.1) is 12.2 Å². The van der Waals surface area contributed by atoms with Crippen molar-refractivity contribution in [2.45, 2.75) is 78.0 Å². The molecule has 0 bridgehead atoms. The molecule has 0 radical (unpaired) electrons. The quantitative estimate of drug-likeness (QED) is 0.834. The van der Waals surface area contributed by atoms with E-state index >= 15 is 0 Å². The first-order valence-corrected chi connectivity index (χ1v) is 7.64. The van der Waals surface area contributed by atoms with Crippen molar-refractivity contribution < 1.29 is 4.79 Å². The van der Waals surface area contributed by atoms with Crippen LogP contribution in [0.15, 0.2) is 0 Å². The normalized spacial score (nSPS) is 31.6. The first kappa shape index (κ1) is 13.9. The van der Waals surface area contributed by atoms with E-state index in [-0.39, 0.29) is 12.2 Å². The van der Waals surface area contributed by atoms with Crippen molar-refractivity contribution >= 4 is 5.91 Å². The Kier molecular flexibility index (Phi) is 4.31. The maximum absolute atomic E-state index is 12.7. The average Bonchev–Trinajstić information content (AvgIpc) is 2.94. The first-order chi connectivity index (χ1) is 8.56. The van der Waals surface area contributed by atoms with Crippen LogP contribution in [0.3, 0.4) is 0 Å². The summed E-state index contributed by atoms with van der Waals surface area (Å²) in [6.07, 6.45) is 6.28. The molecular weight excluding hydrogens is 224 g/mol. The predicted molar refractivity (Wildman–Crippen MR) is 74.1 cm³/mol. The van der Waals surface area contributed by atoms with Crippen molar-refractivity contribution in [1.82, 2.24) is 10.2 Å². The second kappa shape index (κ2) is 5.60. The number of carbonyl (C=O) groups is 1. The van der Waals surface area contributed by atoms with Crippen molar-refractivity contribution in [3.8, 4) is 0 Å². The lowest BCUT2D eigenvalue weighted by atomic mass is 9.99. The number of carbonyl (C=O) groups excluding carboxylic acids is 1. The van der Waals surface area contributed by atoms with Gasteiger partial charge >= 0.3 is 0 Å². The van der Waals surface area contributed by atoms with Gasteiger partial charge in [-0.1, -0.05) is 47.0 Å². The third-order valence-electron chi connectivity index (χ3n) is 4.73. The highest BCUT2D eigenvalue weighted by atomic mass is 16.2. The summed E-state index contributed by atoms with van der Waals surface area (Å²) in [7, 11) is 0. The van der Waals surface area contributed by atoms with Crippen LogP contribution in [0.5, 0.6) is 0 Å². The summed E-state index contributed by atoms with van der Waals surface area (Å²) in [6.45, 7) is 8.78. The van der Waals surface area contributed by atoms with Gasteiger partial charge in [-0.3, -0.25) is 10.1 Å². The summed E-state index contributed by atoms with van der Waals surface area (Å²) in [5.41, 5.74) is 0. The van der Waals surface area contributed by atoms with Gasteiger partial charge in [-0.15, -0.1) is 0 Å². The van der Waals surface area contributed by atoms with E-state index < -0.39 is 0 Å². The first-order valence-electron chi connectivity index (χ1n) is 7.64. The number of amides is 1. The molecule has 2 rings (SSSR count). The SMILES string of the molecule is CCC(C)C1NC(C(C)C)N(C2CCCC2)C1=O. The topological polar surface area (TPSA) is 32.3 Å². The van der Waals surface area contributed by atoms with Crippen molar-refractivity contribution in [3.05, 3.63) is 0 Å². The third kappa shape index (κ3) is 2.42. The van der Waals surface area contributed by atoms with Crippen LogP contribution in [-0.2, 0) is 4.79 Å². The monoisotopic (exact) mass is 252 g/mol. The zero-order valence-corrected chi connectivity index (χ0v) is 12.3. The van der Waals surface area contributed by atoms with E-state index in [4.69, 9.17) is 0 Å². The largest absolute Gasteiger partial charge is 0.323 e. The Labute approximate surface area is 111 Å². The lowest BCUT2D eigenvalue weighted by molar-refractivity contribution is -0.133. The number of rotatable bonds is 4. The molecule has 2 fully saturated rings. The van der Waals surface area contributed by atoms with Crippen molar-refractivity contribution in [2.75, 3.05) is 0 Å². The predicted octanol–water partition coefficient (Wildman–Crippen LogP) is 2.76. The highest BCUT2D eigenvalue weighted by molar-refractivity contribution is 5.85. The fourth-order valence-corrected chi connectivity index (χ4v) is 3.38. The molecule has 3 unspecified atom stereocenters. The van der Waals surface area contributed by atoms with Gasteiger partial charge in [-0.2, -0.15) is 0 Å². The summed E-state index contributed by atoms with van der Waals surface area (Å²) in [5.74, 6) is 1.28. The molecule has 3 nitrogen and oxygen atoms in total. The maximum atomic E-state index is 12.7. The Balaban J connectivity index is 2.16. The summed E-state index contributed by atoms with van der Waals surface area (Å²) < 4.78 is 0. The van der Waals surface area contributed by atoms with E-state index in [1.807, 2.05) is 0 Å². The minimum atomic E-state index is 0.0444. The van der Waals surface area contributed by atoms with Crippen molar-refractivity contribution in [3.63, 3.8) is 0 Å². The van der Waals surface area contributed by atoms with Gasteiger partial charge in [0.2, 0.25) is 5.91 Å². The molecule has 18 heavy (non-hydrogen) atoms. The molecule has 0 aromatic heterocycles. The van der Waals surface area contributed by atoms with Gasteiger partial charge in [-0.05, 0) is 24.7 Å². The van der Waals surface area contributed by atoms with Crippen LogP contribution < -0.4 is 5.32 Å². The molecule has 1 aliphatic heterocycles. The molecule has 0 aromatic carbocycles. The van der Waals surface area contributed by atoms with Gasteiger partial charge in [0.15, 0.2) is 0 Å². The molecular formula is C15H28N2O. The summed E-state index contributed by atoms with van der Waals surface area (Å²) in [4.78, 5) is 14.9. The molecule has 1 amide bonds. The van der Waals surface area contributed by atoms with Crippen LogP contribution in [0.1, 0.15) is 59.8 Å². The van der Waals surface area contributed by atoms with Crippen LogP contribution in [-0.4, -0.2) is 29.1 Å². The fourth-order valence-electron chi connectivity index (χ4n) is 3.38. The van der Waals surface area contributed by atoms with Gasteiger partial charge in [0.25, 0.3) is 0 Å². The van der Waals surface area contributed by atoms with Gasteiger partial charge in [-0.25, -0.2) is 0 Å². The molecule has 1 N–H and O–H groups in total. The molecule has 104 valence electrons. The molecule has 3 atom stereocenters. The third-order valence-corrected chi connectivity index (χ3v) is 4.73. The van der Waals surface area contributed by atoms with E-state index in [0.717, 1.165) is 6.42 Å². The van der Waals surface area contributed by atoms with Crippen LogP contribution in [0.2, 0.25) is 0 Å². The van der Waals surface area contributed by atoms with Crippen LogP contribution in [0.4, 0.5) is 0 Å². The second-order valence-corrected chi connectivity index (χ2v) is 6.40. The molecule has 1 saturated heterocycles. The fraction of sp³-hybridized carbons (Fsp3) is 0.933. The molecule has 1 aliphatic carbocycles. The van der Waals surface area contributed by atoms with Crippen LogP contribution in [0, 0.1) is 11.8 Å². The highest BCUT2D eigenvalue weighted by Crippen LogP contribution is 2.32. The molecule has 0 aromatic rings. The van der Waals surface area contributed by atoms with Gasteiger partial charge in [0.1, 0.15) is 0 Å². The molecule has 1 saturated carbocycles. The maximum Gasteiger partial charge on any atom is 0.241 e. The Morgan fingerprint density at radius 3 is 2.39 bits per heavy atom. The minimum Gasteiger partial charge on any atom is -0.323 e. The van der Waals surface area contributed by atoms with E-state index in [0.29, 0.717) is 23.8 Å². The Morgan fingerprint density at radius 1 is 1.28 bits per heavy atom. The van der Waals surface area contributed by atoms with Gasteiger partial charge < -0.3 is 4.90 Å². The number of hydrogen-bond acceptors (Lipinski definition) is 2. The van der Waals surface area contributed by atoms with Crippen molar-refractivity contribution in [1.29, 1.82) is 0 Å². The van der Waals surface area contributed by atoms with Gasteiger partial charge in [0, 0.05) is 6.04 Å². The van der Waals surface area contributed by atoms with Crippen LogP contribution >= 0.6 is 0 Å². The Morgan fingerprint density at radius 2 is 1.89 bits per heavy atom.